The van der Waals surface area contributed by atoms with E-state index in [1.807, 2.05) is 0 Å². The molecular weight excluding hydrogens is 304 g/mol. The molecule has 0 spiro atoms. The van der Waals surface area contributed by atoms with Crippen LogP contribution in [-0.4, -0.2) is 52.3 Å². The van der Waals surface area contributed by atoms with E-state index in [4.69, 9.17) is 26.1 Å². The van der Waals surface area contributed by atoms with Crippen molar-refractivity contribution in [3.8, 4) is 5.75 Å². The Morgan fingerprint density at radius 3 is 2.57 bits per heavy atom. The number of carbonyl (C=O) groups is 1. The third-order valence-corrected chi connectivity index (χ3v) is 3.43. The van der Waals surface area contributed by atoms with Gasteiger partial charge in [-0.05, 0) is 25.1 Å². The molecule has 1 heterocycles. The fourth-order valence-corrected chi connectivity index (χ4v) is 2.07. The first kappa shape index (κ1) is 16.2. The molecule has 116 valence electrons. The number of benzene rings is 1. The molecule has 1 aliphatic rings. The van der Waals surface area contributed by atoms with Gasteiger partial charge in [-0.3, -0.25) is 4.79 Å². The Kier molecular flexibility index (Phi) is 5.15. The van der Waals surface area contributed by atoms with E-state index in [0.29, 0.717) is 11.8 Å². The standard InChI is InChI=1S/C13H15ClO7/c1-6-10(16)11(17)12(18)13(19-6)21-20-9-3-2-7(5-15)4-8(9)14/h2-6,10-13,16-18H,1H3/t6-,10-,11+,12-,13+/m1/s1. The first-order valence-corrected chi connectivity index (χ1v) is 6.59. The third kappa shape index (κ3) is 3.52. The van der Waals surface area contributed by atoms with Crippen LogP contribution in [0.1, 0.15) is 17.3 Å². The summed E-state index contributed by atoms with van der Waals surface area (Å²) in [6, 6.07) is 4.26. The molecule has 5 atom stereocenters. The molecule has 1 saturated heterocycles. The summed E-state index contributed by atoms with van der Waals surface area (Å²) in [5.41, 5.74) is 0.369. The second-order valence-corrected chi connectivity index (χ2v) is 5.08. The number of halogens is 1. The van der Waals surface area contributed by atoms with Gasteiger partial charge in [-0.25, -0.2) is 0 Å². The van der Waals surface area contributed by atoms with Crippen LogP contribution in [0.25, 0.3) is 0 Å². The number of hydrogen-bond acceptors (Lipinski definition) is 7. The second-order valence-electron chi connectivity index (χ2n) is 4.67. The number of carbonyl (C=O) groups excluding carboxylic acids is 1. The van der Waals surface area contributed by atoms with Crippen molar-refractivity contribution in [2.75, 3.05) is 0 Å². The minimum Gasteiger partial charge on any atom is -0.388 e. The van der Waals surface area contributed by atoms with Crippen LogP contribution in [0.3, 0.4) is 0 Å². The molecule has 3 N–H and O–H groups in total. The summed E-state index contributed by atoms with van der Waals surface area (Å²) < 4.78 is 5.18. The average molecular weight is 319 g/mol. The third-order valence-electron chi connectivity index (χ3n) is 3.13. The molecule has 2 rings (SSSR count). The molecule has 1 aromatic carbocycles. The fourth-order valence-electron chi connectivity index (χ4n) is 1.85. The van der Waals surface area contributed by atoms with Gasteiger partial charge in [0.15, 0.2) is 5.75 Å². The summed E-state index contributed by atoms with van der Waals surface area (Å²) in [5, 5.41) is 29.0. The van der Waals surface area contributed by atoms with E-state index in [1.54, 1.807) is 0 Å². The highest BCUT2D eigenvalue weighted by Gasteiger charge is 2.43. The zero-order valence-corrected chi connectivity index (χ0v) is 11.8. The number of aliphatic hydroxyl groups excluding tert-OH is 3. The zero-order chi connectivity index (χ0) is 15.6. The van der Waals surface area contributed by atoms with Gasteiger partial charge in [0.1, 0.15) is 24.6 Å². The summed E-state index contributed by atoms with van der Waals surface area (Å²) in [6.45, 7) is 1.52. The SMILES string of the molecule is C[C@H]1O[C@@H](OOc2ccc(C=O)cc2Cl)[C@H](O)[C@@H](O)[C@@H]1O. The Morgan fingerprint density at radius 1 is 1.24 bits per heavy atom. The lowest BCUT2D eigenvalue weighted by Crippen LogP contribution is -2.57. The Balaban J connectivity index is 2.01. The number of rotatable bonds is 4. The van der Waals surface area contributed by atoms with E-state index in [2.05, 4.69) is 0 Å². The molecule has 1 fully saturated rings. The van der Waals surface area contributed by atoms with Crippen molar-refractivity contribution in [2.45, 2.75) is 37.6 Å². The molecule has 1 aromatic rings. The van der Waals surface area contributed by atoms with Gasteiger partial charge < -0.3 is 24.9 Å². The van der Waals surface area contributed by atoms with Gasteiger partial charge in [0, 0.05) is 5.56 Å². The van der Waals surface area contributed by atoms with Crippen molar-refractivity contribution >= 4 is 17.9 Å². The highest BCUT2D eigenvalue weighted by molar-refractivity contribution is 6.32. The second kappa shape index (κ2) is 6.69. The van der Waals surface area contributed by atoms with Crippen LogP contribution in [-0.2, 0) is 9.62 Å². The Hall–Kier alpha value is -1.22. The molecule has 1 aliphatic heterocycles. The first-order valence-electron chi connectivity index (χ1n) is 6.21. The quantitative estimate of drug-likeness (QED) is 0.416. The molecule has 7 nitrogen and oxygen atoms in total. The summed E-state index contributed by atoms with van der Waals surface area (Å²) in [6.07, 6.45) is -5.54. The number of aliphatic hydroxyl groups is 3. The largest absolute Gasteiger partial charge is 0.388 e. The monoisotopic (exact) mass is 318 g/mol. The molecular formula is C13H15ClO7. The highest BCUT2D eigenvalue weighted by atomic mass is 35.5. The van der Waals surface area contributed by atoms with Gasteiger partial charge in [-0.15, -0.1) is 0 Å². The molecule has 0 radical (unpaired) electrons. The van der Waals surface area contributed by atoms with E-state index in [0.717, 1.165) is 0 Å². The molecule has 0 aromatic heterocycles. The molecule has 0 amide bonds. The van der Waals surface area contributed by atoms with Crippen molar-refractivity contribution in [1.29, 1.82) is 0 Å². The predicted molar refractivity (Wildman–Crippen MR) is 70.9 cm³/mol. The van der Waals surface area contributed by atoms with Gasteiger partial charge >= 0.3 is 0 Å². The molecule has 0 saturated carbocycles. The Bertz CT molecular complexity index is 509. The normalized spacial score (nSPS) is 32.7. The molecule has 8 heteroatoms. The van der Waals surface area contributed by atoms with Crippen LogP contribution in [0.2, 0.25) is 5.02 Å². The van der Waals surface area contributed by atoms with E-state index < -0.39 is 30.7 Å². The van der Waals surface area contributed by atoms with Crippen molar-refractivity contribution in [2.24, 2.45) is 0 Å². The fraction of sp³-hybridized carbons (Fsp3) is 0.462. The number of aldehydes is 1. The predicted octanol–water partition coefficient (Wildman–Crippen LogP) is 0.290. The molecule has 0 unspecified atom stereocenters. The topological polar surface area (TPSA) is 105 Å². The highest BCUT2D eigenvalue weighted by Crippen LogP contribution is 2.27. The van der Waals surface area contributed by atoms with Crippen molar-refractivity contribution < 1.29 is 34.6 Å². The lowest BCUT2D eigenvalue weighted by molar-refractivity contribution is -0.383. The maximum absolute atomic E-state index is 10.6. The van der Waals surface area contributed by atoms with Crippen LogP contribution < -0.4 is 4.89 Å². The van der Waals surface area contributed by atoms with Crippen molar-refractivity contribution in [3.63, 3.8) is 0 Å². The summed E-state index contributed by atoms with van der Waals surface area (Å²) in [4.78, 5) is 20.4. The van der Waals surface area contributed by atoms with E-state index in [9.17, 15) is 20.1 Å². The van der Waals surface area contributed by atoms with Gasteiger partial charge in [0.05, 0.1) is 11.1 Å². The maximum Gasteiger partial charge on any atom is 0.232 e. The summed E-state index contributed by atoms with van der Waals surface area (Å²) in [5.74, 6) is 0.117. The van der Waals surface area contributed by atoms with E-state index in [1.165, 1.54) is 25.1 Å². The van der Waals surface area contributed by atoms with Crippen LogP contribution in [0.5, 0.6) is 5.75 Å². The van der Waals surface area contributed by atoms with Crippen LogP contribution >= 0.6 is 11.6 Å². The summed E-state index contributed by atoms with van der Waals surface area (Å²) in [7, 11) is 0. The minimum absolute atomic E-state index is 0.117. The van der Waals surface area contributed by atoms with Crippen molar-refractivity contribution in [3.05, 3.63) is 28.8 Å². The van der Waals surface area contributed by atoms with Gasteiger partial charge in [0.2, 0.25) is 6.29 Å². The maximum atomic E-state index is 10.6. The zero-order valence-electron chi connectivity index (χ0n) is 11.0. The summed E-state index contributed by atoms with van der Waals surface area (Å²) >= 11 is 5.89. The molecule has 21 heavy (non-hydrogen) atoms. The van der Waals surface area contributed by atoms with Gasteiger partial charge in [-0.2, -0.15) is 4.89 Å². The Labute approximate surface area is 125 Å². The van der Waals surface area contributed by atoms with Crippen LogP contribution in [0, 0.1) is 0 Å². The van der Waals surface area contributed by atoms with Gasteiger partial charge in [0.25, 0.3) is 0 Å². The van der Waals surface area contributed by atoms with E-state index in [-0.39, 0.29) is 10.8 Å². The first-order chi connectivity index (χ1) is 9.93. The van der Waals surface area contributed by atoms with Gasteiger partial charge in [-0.1, -0.05) is 11.6 Å². The minimum atomic E-state index is -1.48. The van der Waals surface area contributed by atoms with Crippen molar-refractivity contribution in [1.82, 2.24) is 0 Å². The molecule has 0 bridgehead atoms. The van der Waals surface area contributed by atoms with E-state index >= 15 is 0 Å². The molecule has 0 aliphatic carbocycles. The lowest BCUT2D eigenvalue weighted by atomic mass is 10.0. The average Bonchev–Trinajstić information content (AvgIpc) is 2.48. The van der Waals surface area contributed by atoms with Crippen LogP contribution in [0.4, 0.5) is 0 Å². The number of hydrogen-bond donors (Lipinski definition) is 3. The van der Waals surface area contributed by atoms with Crippen LogP contribution in [0.15, 0.2) is 18.2 Å². The number of ether oxygens (including phenoxy) is 1. The smallest absolute Gasteiger partial charge is 0.232 e. The Morgan fingerprint density at radius 2 is 1.95 bits per heavy atom. The lowest BCUT2D eigenvalue weighted by Gasteiger charge is -2.37.